The third-order valence-electron chi connectivity index (χ3n) is 3.62. The van der Waals surface area contributed by atoms with Gasteiger partial charge in [-0.1, -0.05) is 6.92 Å². The van der Waals surface area contributed by atoms with Gasteiger partial charge in [0.1, 0.15) is 11.6 Å². The first-order valence-electron chi connectivity index (χ1n) is 6.46. The minimum atomic E-state index is 0.224. The third-order valence-corrected chi connectivity index (χ3v) is 4.47. The maximum absolute atomic E-state index is 9.12. The van der Waals surface area contributed by atoms with Gasteiger partial charge in [-0.05, 0) is 24.5 Å². The minimum Gasteiger partial charge on any atom is -0.369 e. The molecule has 1 aliphatic heterocycles. The van der Waals surface area contributed by atoms with Crippen LogP contribution in [0.5, 0.6) is 0 Å². The average molecular weight is 272 g/mol. The highest BCUT2D eigenvalue weighted by Gasteiger charge is 2.24. The van der Waals surface area contributed by atoms with E-state index in [-0.39, 0.29) is 6.04 Å². The van der Waals surface area contributed by atoms with Gasteiger partial charge in [0.05, 0.1) is 21.5 Å². The second kappa shape index (κ2) is 4.80. The second-order valence-corrected chi connectivity index (χ2v) is 6.13. The van der Waals surface area contributed by atoms with Crippen molar-refractivity contribution in [3.8, 4) is 6.07 Å². The van der Waals surface area contributed by atoms with Crippen LogP contribution in [0.2, 0.25) is 0 Å². The molecule has 1 fully saturated rings. The van der Waals surface area contributed by atoms with E-state index in [0.717, 1.165) is 29.7 Å². The van der Waals surface area contributed by atoms with Crippen molar-refractivity contribution in [3.05, 3.63) is 23.2 Å². The topological polar surface area (TPSA) is 65.9 Å². The Morgan fingerprint density at radius 3 is 3.05 bits per heavy atom. The van der Waals surface area contributed by atoms with Crippen LogP contribution < -0.4 is 10.6 Å². The first kappa shape index (κ1) is 12.4. The Kier molecular flexibility index (Phi) is 3.13. The Hall–Kier alpha value is -1.64. The van der Waals surface area contributed by atoms with Crippen molar-refractivity contribution in [2.45, 2.75) is 19.4 Å². The summed E-state index contributed by atoms with van der Waals surface area (Å²) in [7, 11) is 0. The van der Waals surface area contributed by atoms with Crippen molar-refractivity contribution in [2.75, 3.05) is 18.0 Å². The molecule has 0 spiro atoms. The van der Waals surface area contributed by atoms with Crippen LogP contribution in [-0.2, 0) is 0 Å². The van der Waals surface area contributed by atoms with Crippen LogP contribution in [0.3, 0.4) is 0 Å². The van der Waals surface area contributed by atoms with Crippen molar-refractivity contribution in [2.24, 2.45) is 11.7 Å². The summed E-state index contributed by atoms with van der Waals surface area (Å²) in [6.45, 7) is 4.13. The molecule has 1 aromatic heterocycles. The Morgan fingerprint density at radius 1 is 1.47 bits per heavy atom. The van der Waals surface area contributed by atoms with Crippen LogP contribution in [0.25, 0.3) is 10.2 Å². The van der Waals surface area contributed by atoms with Crippen molar-refractivity contribution < 1.29 is 0 Å². The smallest absolute Gasteiger partial charge is 0.101 e. The van der Waals surface area contributed by atoms with E-state index in [2.05, 4.69) is 22.9 Å². The third kappa shape index (κ3) is 2.18. The molecule has 19 heavy (non-hydrogen) atoms. The van der Waals surface area contributed by atoms with Crippen molar-refractivity contribution in [1.29, 1.82) is 5.26 Å². The Morgan fingerprint density at radius 2 is 2.32 bits per heavy atom. The number of nitrogens with two attached hydrogens (primary N) is 1. The van der Waals surface area contributed by atoms with E-state index in [0.29, 0.717) is 11.5 Å². The predicted molar refractivity (Wildman–Crippen MR) is 78.3 cm³/mol. The van der Waals surface area contributed by atoms with E-state index in [1.165, 1.54) is 5.69 Å². The van der Waals surface area contributed by atoms with Crippen molar-refractivity contribution in [1.82, 2.24) is 4.98 Å². The van der Waals surface area contributed by atoms with Gasteiger partial charge < -0.3 is 10.6 Å². The summed E-state index contributed by atoms with van der Waals surface area (Å²) in [4.78, 5) is 6.65. The molecule has 0 unspecified atom stereocenters. The van der Waals surface area contributed by atoms with Gasteiger partial charge >= 0.3 is 0 Å². The number of benzene rings is 1. The molecule has 4 nitrogen and oxygen atoms in total. The molecule has 2 heterocycles. The summed E-state index contributed by atoms with van der Waals surface area (Å²) in [5.41, 5.74) is 10.6. The van der Waals surface area contributed by atoms with Crippen molar-refractivity contribution >= 4 is 27.2 Å². The molecule has 0 saturated carbocycles. The average Bonchev–Trinajstić information content (AvgIpc) is 2.85. The molecule has 0 bridgehead atoms. The summed E-state index contributed by atoms with van der Waals surface area (Å²) >= 11 is 1.59. The van der Waals surface area contributed by atoms with Crippen LogP contribution >= 0.6 is 11.3 Å². The van der Waals surface area contributed by atoms with Gasteiger partial charge in [-0.25, -0.2) is 4.98 Å². The largest absolute Gasteiger partial charge is 0.369 e. The number of rotatable bonds is 1. The molecule has 2 N–H and O–H groups in total. The standard InChI is InChI=1S/C14H16N4S/c1-9-4-11(16)7-18(6-9)12-3-2-10(5-15)13-14(12)19-8-17-13/h2-3,8-9,11H,4,6-7,16H2,1H3/t9-,11+/m0/s1. The highest BCUT2D eigenvalue weighted by atomic mass is 32.1. The monoisotopic (exact) mass is 272 g/mol. The van der Waals surface area contributed by atoms with E-state index >= 15 is 0 Å². The number of anilines is 1. The molecule has 2 atom stereocenters. The number of hydrogen-bond acceptors (Lipinski definition) is 5. The van der Waals surface area contributed by atoms with Crippen LogP contribution in [0.4, 0.5) is 5.69 Å². The minimum absolute atomic E-state index is 0.224. The number of hydrogen-bond donors (Lipinski definition) is 1. The molecular formula is C14H16N4S. The Balaban J connectivity index is 2.06. The van der Waals surface area contributed by atoms with Crippen molar-refractivity contribution in [3.63, 3.8) is 0 Å². The number of piperidine rings is 1. The van der Waals surface area contributed by atoms with Gasteiger partial charge in [0.25, 0.3) is 0 Å². The van der Waals surface area contributed by atoms with Gasteiger partial charge in [0, 0.05) is 19.1 Å². The van der Waals surface area contributed by atoms with Gasteiger partial charge in [0.2, 0.25) is 0 Å². The first-order chi connectivity index (χ1) is 9.19. The quantitative estimate of drug-likeness (QED) is 0.865. The lowest BCUT2D eigenvalue weighted by atomic mass is 9.96. The molecule has 1 aromatic carbocycles. The molecule has 98 valence electrons. The van der Waals surface area contributed by atoms with Gasteiger partial charge in [-0.2, -0.15) is 5.26 Å². The fraction of sp³-hybridized carbons (Fsp3) is 0.429. The molecule has 5 heteroatoms. The predicted octanol–water partition coefficient (Wildman–Crippen LogP) is 2.34. The van der Waals surface area contributed by atoms with Gasteiger partial charge in [0.15, 0.2) is 0 Å². The molecular weight excluding hydrogens is 256 g/mol. The summed E-state index contributed by atoms with van der Waals surface area (Å²) in [6.07, 6.45) is 1.08. The fourth-order valence-corrected chi connectivity index (χ4v) is 3.73. The zero-order valence-corrected chi connectivity index (χ0v) is 11.7. The van der Waals surface area contributed by atoms with Crippen LogP contribution in [0.15, 0.2) is 17.6 Å². The lowest BCUT2D eigenvalue weighted by Gasteiger charge is -2.36. The zero-order valence-electron chi connectivity index (χ0n) is 10.8. The number of nitrogens with zero attached hydrogens (tertiary/aromatic N) is 3. The van der Waals surface area contributed by atoms with E-state index in [4.69, 9.17) is 11.0 Å². The first-order valence-corrected chi connectivity index (χ1v) is 7.34. The van der Waals surface area contributed by atoms with E-state index in [9.17, 15) is 0 Å². The molecule has 0 radical (unpaired) electrons. The lowest BCUT2D eigenvalue weighted by molar-refractivity contribution is 0.402. The summed E-state index contributed by atoms with van der Waals surface area (Å²) in [5.74, 6) is 0.599. The van der Waals surface area contributed by atoms with Crippen LogP contribution in [0, 0.1) is 17.2 Å². The highest BCUT2D eigenvalue weighted by molar-refractivity contribution is 7.17. The molecule has 1 saturated heterocycles. The van der Waals surface area contributed by atoms with E-state index in [1.54, 1.807) is 11.3 Å². The second-order valence-electron chi connectivity index (χ2n) is 5.28. The fourth-order valence-electron chi connectivity index (χ4n) is 2.87. The summed E-state index contributed by atoms with van der Waals surface area (Å²) < 4.78 is 1.10. The number of aromatic nitrogens is 1. The summed E-state index contributed by atoms with van der Waals surface area (Å²) in [5, 5.41) is 9.12. The molecule has 2 aromatic rings. The van der Waals surface area contributed by atoms with Gasteiger partial charge in [-0.3, -0.25) is 0 Å². The van der Waals surface area contributed by atoms with Crippen LogP contribution in [0.1, 0.15) is 18.9 Å². The lowest BCUT2D eigenvalue weighted by Crippen LogP contribution is -2.46. The zero-order chi connectivity index (χ0) is 13.4. The molecule has 3 rings (SSSR count). The molecule has 0 amide bonds. The SMILES string of the molecule is C[C@H]1C[C@@H](N)CN(c2ccc(C#N)c3ncsc23)C1. The van der Waals surface area contributed by atoms with E-state index < -0.39 is 0 Å². The maximum Gasteiger partial charge on any atom is 0.101 e. The maximum atomic E-state index is 9.12. The highest BCUT2D eigenvalue weighted by Crippen LogP contribution is 2.34. The number of nitriles is 1. The Bertz CT molecular complexity index is 632. The number of thiazole rings is 1. The van der Waals surface area contributed by atoms with Gasteiger partial charge in [-0.15, -0.1) is 11.3 Å². The molecule has 0 aliphatic carbocycles. The van der Waals surface area contributed by atoms with Crippen LogP contribution in [-0.4, -0.2) is 24.1 Å². The number of fused-ring (bicyclic) bond motifs is 1. The Labute approximate surface area is 116 Å². The van der Waals surface area contributed by atoms with E-state index in [1.807, 2.05) is 17.6 Å². The normalized spacial score (nSPS) is 23.5. The summed E-state index contributed by atoms with van der Waals surface area (Å²) in [6, 6.07) is 6.32. The molecule has 1 aliphatic rings.